The summed E-state index contributed by atoms with van der Waals surface area (Å²) >= 11 is 0. The Hall–Kier alpha value is -0.580. The van der Waals surface area contributed by atoms with Crippen LogP contribution in [0.25, 0.3) is 0 Å². The van der Waals surface area contributed by atoms with Crippen molar-refractivity contribution in [3.05, 3.63) is 58.7 Å². The van der Waals surface area contributed by atoms with Gasteiger partial charge in [0.25, 0.3) is 20.2 Å². The molecule has 0 bridgehead atoms. The molecule has 0 spiro atoms. The fourth-order valence-corrected chi connectivity index (χ4v) is 6.72. The number of fused-ring (bicyclic) bond motifs is 2. The second-order valence-corrected chi connectivity index (χ2v) is 13.3. The van der Waals surface area contributed by atoms with E-state index in [0.29, 0.717) is 0 Å². The first kappa shape index (κ1) is 33.4. The van der Waals surface area contributed by atoms with Crippen LogP contribution < -0.4 is 9.44 Å². The van der Waals surface area contributed by atoms with Gasteiger partial charge in [-0.15, -0.1) is 0 Å². The molecule has 0 atom stereocenters. The van der Waals surface area contributed by atoms with Crippen molar-refractivity contribution in [3.8, 4) is 0 Å². The van der Waals surface area contributed by atoms with Crippen LogP contribution in [0.5, 0.6) is 0 Å². The van der Waals surface area contributed by atoms with Gasteiger partial charge in [-0.05, 0) is 36.4 Å². The summed E-state index contributed by atoms with van der Waals surface area (Å²) in [7, 11) is -18.4. The minimum atomic E-state index is -4.68. The molecule has 0 saturated carbocycles. The van der Waals surface area contributed by atoms with Crippen LogP contribution in [0.4, 0.5) is 0 Å². The van der Waals surface area contributed by atoms with Crippen molar-refractivity contribution in [2.24, 2.45) is 0 Å². The van der Waals surface area contributed by atoms with Gasteiger partial charge in [-0.3, -0.25) is 18.7 Å². The van der Waals surface area contributed by atoms with E-state index in [4.69, 9.17) is 9.11 Å². The van der Waals surface area contributed by atoms with Gasteiger partial charge in [-0.1, -0.05) is 0 Å². The van der Waals surface area contributed by atoms with Gasteiger partial charge >= 0.3 is 0 Å². The molecule has 1 aliphatic carbocycles. The maximum Gasteiger partial charge on any atom is 0.279 e. The smallest absolute Gasteiger partial charge is 0.279 e. The molecular weight excluding hydrogens is 586 g/mol. The van der Waals surface area contributed by atoms with E-state index in [0.717, 1.165) is 36.4 Å². The number of hydrogen-bond donors (Lipinski definition) is 4. The van der Waals surface area contributed by atoms with Crippen molar-refractivity contribution in [2.45, 2.75) is 9.79 Å². The van der Waals surface area contributed by atoms with E-state index in [9.17, 15) is 43.3 Å². The number of carbonyl (C=O) groups excluding carboxylic acids is 2. The normalized spacial score (nSPS) is 13.7. The number of rotatable bonds is 8. The first-order chi connectivity index (χ1) is 15.4. The molecule has 3 rings (SSSR count). The van der Waals surface area contributed by atoms with Crippen LogP contribution in [0.1, 0.15) is 31.8 Å². The Morgan fingerprint density at radius 1 is 0.556 bits per heavy atom. The Labute approximate surface area is 250 Å². The predicted molar refractivity (Wildman–Crippen MR) is 125 cm³/mol. The topological polar surface area (TPSA) is 235 Å². The van der Waals surface area contributed by atoms with Crippen LogP contribution in [-0.4, -0.2) is 125 Å². The zero-order chi connectivity index (χ0) is 25.7. The van der Waals surface area contributed by atoms with E-state index in [1.54, 1.807) is 9.44 Å². The Balaban J connectivity index is 0.00000324. The Morgan fingerprint density at radius 2 is 0.861 bits per heavy atom. The summed E-state index contributed by atoms with van der Waals surface area (Å²) in [5.74, 6) is -4.34. The zero-order valence-electron chi connectivity index (χ0n) is 18.5. The molecule has 0 amide bonds. The van der Waals surface area contributed by atoms with Gasteiger partial charge in [0.1, 0.15) is 11.8 Å². The second kappa shape index (κ2) is 11.7. The van der Waals surface area contributed by atoms with Gasteiger partial charge in [0.2, 0.25) is 20.0 Å². The predicted octanol–water partition coefficient (Wildman–Crippen LogP) is -2.05. The number of hydrogen-bond acceptors (Lipinski definition) is 10. The molecule has 0 fully saturated rings. The molecule has 0 unspecified atom stereocenters. The summed E-state index contributed by atoms with van der Waals surface area (Å²) in [6.45, 7) is 0. The fourth-order valence-electron chi connectivity index (χ4n) is 2.91. The van der Waals surface area contributed by atoms with Crippen LogP contribution in [0.2, 0.25) is 0 Å². The summed E-state index contributed by atoms with van der Waals surface area (Å²) in [4.78, 5) is 24.6. The molecule has 2 aromatic carbocycles. The SMILES string of the molecule is O=C1c2ccc(S(=O)(=O)NCS(=O)(=O)O)cc2C(=O)c2ccc(S(=O)(=O)NCS(=O)(=O)O)cc21.[Na].[Na]. The summed E-state index contributed by atoms with van der Waals surface area (Å²) < 4.78 is 113. The van der Waals surface area contributed by atoms with E-state index in [1.807, 2.05) is 0 Å². The Morgan fingerprint density at radius 3 is 1.14 bits per heavy atom. The van der Waals surface area contributed by atoms with Crippen molar-refractivity contribution in [1.29, 1.82) is 0 Å². The standard InChI is InChI=1S/C16H14N2O12S4.2Na/c19-15-11-3-1-9(33(27,28)17-7-31(21,22)23)5-13(11)16(20)12-4-2-10(6-14(12)15)34(29,30)18-8-32(24,25)26;;/h1-6,17-18H,7-8H2,(H,21,22,23)(H,24,25,26);;. The Bertz CT molecular complexity index is 1540. The van der Waals surface area contributed by atoms with Crippen LogP contribution in [-0.2, 0) is 40.3 Å². The van der Waals surface area contributed by atoms with Crippen LogP contribution in [0.15, 0.2) is 46.2 Å². The van der Waals surface area contributed by atoms with Gasteiger partial charge in [-0.25, -0.2) is 16.8 Å². The summed E-state index contributed by atoms with van der Waals surface area (Å²) in [5, 5.41) is 0. The molecule has 14 nitrogen and oxygen atoms in total. The summed E-state index contributed by atoms with van der Waals surface area (Å²) in [5.41, 5.74) is -1.25. The first-order valence-corrected chi connectivity index (χ1v) is 14.9. The number of benzene rings is 2. The Kier molecular flexibility index (Phi) is 10.8. The maximum absolute atomic E-state index is 12.9. The quantitative estimate of drug-likeness (QED) is 0.161. The number of ketones is 2. The third kappa shape index (κ3) is 7.73. The molecule has 2 radical (unpaired) electrons. The van der Waals surface area contributed by atoms with E-state index in [1.165, 1.54) is 0 Å². The van der Waals surface area contributed by atoms with Crippen molar-refractivity contribution in [3.63, 3.8) is 0 Å². The molecule has 36 heavy (non-hydrogen) atoms. The average Bonchev–Trinajstić information content (AvgIpc) is 2.73. The third-order valence-corrected chi connectivity index (χ3v) is 8.63. The molecular formula is C16H14N2Na2O12S4. The van der Waals surface area contributed by atoms with Crippen molar-refractivity contribution >= 4 is 111 Å². The number of nitrogens with one attached hydrogen (secondary N) is 2. The largest absolute Gasteiger partial charge is 0.289 e. The van der Waals surface area contributed by atoms with E-state index >= 15 is 0 Å². The molecule has 1 aliphatic rings. The van der Waals surface area contributed by atoms with Gasteiger partial charge < -0.3 is 0 Å². The molecule has 4 N–H and O–H groups in total. The summed E-state index contributed by atoms with van der Waals surface area (Å²) in [6.07, 6.45) is 0. The molecule has 186 valence electrons. The number of carbonyl (C=O) groups is 2. The van der Waals surface area contributed by atoms with E-state index in [2.05, 4.69) is 0 Å². The van der Waals surface area contributed by atoms with Crippen LogP contribution in [0.3, 0.4) is 0 Å². The average molecular weight is 601 g/mol. The van der Waals surface area contributed by atoms with Crippen molar-refractivity contribution in [2.75, 3.05) is 11.8 Å². The maximum atomic E-state index is 12.9. The first-order valence-electron chi connectivity index (χ1n) is 8.68. The second-order valence-electron chi connectivity index (χ2n) is 6.82. The molecule has 2 aromatic rings. The van der Waals surface area contributed by atoms with Crippen LogP contribution >= 0.6 is 0 Å². The van der Waals surface area contributed by atoms with E-state index in [-0.39, 0.29) is 81.4 Å². The van der Waals surface area contributed by atoms with E-state index < -0.39 is 73.4 Å². The van der Waals surface area contributed by atoms with Crippen molar-refractivity contribution < 1.29 is 52.4 Å². The fraction of sp³-hybridized carbons (Fsp3) is 0.125. The minimum absolute atomic E-state index is 0. The monoisotopic (exact) mass is 600 g/mol. The molecule has 20 heteroatoms. The van der Waals surface area contributed by atoms with Gasteiger partial charge in [-0.2, -0.15) is 26.3 Å². The number of sulfonamides is 2. The van der Waals surface area contributed by atoms with Gasteiger partial charge in [0.05, 0.1) is 9.79 Å². The van der Waals surface area contributed by atoms with Crippen molar-refractivity contribution in [1.82, 2.24) is 9.44 Å². The minimum Gasteiger partial charge on any atom is -0.289 e. The molecule has 0 saturated heterocycles. The zero-order valence-corrected chi connectivity index (χ0v) is 25.8. The molecule has 0 aliphatic heterocycles. The van der Waals surface area contributed by atoms with Crippen LogP contribution in [0, 0.1) is 0 Å². The summed E-state index contributed by atoms with van der Waals surface area (Å²) in [6, 6.07) is 5.38. The molecule has 0 heterocycles. The molecule has 0 aromatic heterocycles. The van der Waals surface area contributed by atoms with Gasteiger partial charge in [0, 0.05) is 81.4 Å². The third-order valence-electron chi connectivity index (χ3n) is 4.44. The van der Waals surface area contributed by atoms with Gasteiger partial charge in [0.15, 0.2) is 11.6 Å².